The van der Waals surface area contributed by atoms with Crippen LogP contribution in [0.15, 0.2) is 12.4 Å². The summed E-state index contributed by atoms with van der Waals surface area (Å²) in [5.41, 5.74) is 0.387. The van der Waals surface area contributed by atoms with Crippen LogP contribution in [0.5, 0.6) is 0 Å². The predicted molar refractivity (Wildman–Crippen MR) is 61.0 cm³/mol. The first-order valence-electron chi connectivity index (χ1n) is 5.34. The van der Waals surface area contributed by atoms with Gasteiger partial charge in [0.05, 0.1) is 12.4 Å². The second kappa shape index (κ2) is 4.06. The lowest BCUT2D eigenvalue weighted by molar-refractivity contribution is 0.377. The molecule has 1 aliphatic rings. The summed E-state index contributed by atoms with van der Waals surface area (Å²) in [4.78, 5) is 10.6. The topological polar surface area (TPSA) is 64.8 Å². The van der Waals surface area contributed by atoms with E-state index in [2.05, 4.69) is 34.0 Å². The Labute approximate surface area is 95.1 Å². The van der Waals surface area contributed by atoms with Crippen molar-refractivity contribution in [2.24, 2.45) is 0 Å². The molecular formula is C11H15N5. The van der Waals surface area contributed by atoms with Crippen LogP contribution >= 0.6 is 0 Å². The van der Waals surface area contributed by atoms with Crippen molar-refractivity contribution in [3.05, 3.63) is 18.1 Å². The van der Waals surface area contributed by atoms with Crippen molar-refractivity contribution >= 4 is 5.82 Å². The zero-order valence-electron chi connectivity index (χ0n) is 9.56. The van der Waals surface area contributed by atoms with E-state index >= 15 is 0 Å². The summed E-state index contributed by atoms with van der Waals surface area (Å²) >= 11 is 0. The van der Waals surface area contributed by atoms with Crippen molar-refractivity contribution in [2.75, 3.05) is 24.5 Å². The van der Waals surface area contributed by atoms with Crippen molar-refractivity contribution in [3.8, 4) is 6.07 Å². The Morgan fingerprint density at radius 3 is 2.81 bits per heavy atom. The van der Waals surface area contributed by atoms with E-state index in [1.807, 2.05) is 6.07 Å². The van der Waals surface area contributed by atoms with Crippen LogP contribution < -0.4 is 10.2 Å². The standard InChI is InChI=1S/C11H15N5/c1-11(2)8-13-3-4-16(11)10-7-14-9(5-12)6-15-10/h6-7,13H,3-4,8H2,1-2H3. The fourth-order valence-electron chi connectivity index (χ4n) is 1.93. The number of nitriles is 1. The van der Waals surface area contributed by atoms with E-state index in [1.165, 1.54) is 6.20 Å². The van der Waals surface area contributed by atoms with Gasteiger partial charge >= 0.3 is 0 Å². The van der Waals surface area contributed by atoms with Gasteiger partial charge in [0.2, 0.25) is 0 Å². The van der Waals surface area contributed by atoms with E-state index in [-0.39, 0.29) is 5.54 Å². The normalized spacial score (nSPS) is 19.2. The van der Waals surface area contributed by atoms with E-state index in [1.54, 1.807) is 6.20 Å². The number of rotatable bonds is 1. The molecule has 0 aromatic carbocycles. The Kier molecular flexibility index (Phi) is 2.75. The Hall–Kier alpha value is -1.67. The third-order valence-electron chi connectivity index (χ3n) is 2.83. The molecule has 84 valence electrons. The van der Waals surface area contributed by atoms with E-state index in [0.29, 0.717) is 5.69 Å². The van der Waals surface area contributed by atoms with Gasteiger partial charge in [0, 0.05) is 25.2 Å². The maximum atomic E-state index is 8.67. The maximum Gasteiger partial charge on any atom is 0.158 e. The lowest BCUT2D eigenvalue weighted by atomic mass is 10.0. The highest BCUT2D eigenvalue weighted by atomic mass is 15.3. The Balaban J connectivity index is 2.25. The Morgan fingerprint density at radius 2 is 2.25 bits per heavy atom. The fraction of sp³-hybridized carbons (Fsp3) is 0.545. The van der Waals surface area contributed by atoms with Gasteiger partial charge in [-0.05, 0) is 13.8 Å². The number of anilines is 1. The third kappa shape index (κ3) is 1.97. The largest absolute Gasteiger partial charge is 0.348 e. The number of nitrogens with zero attached hydrogens (tertiary/aromatic N) is 4. The van der Waals surface area contributed by atoms with Gasteiger partial charge in [0.1, 0.15) is 11.9 Å². The first-order chi connectivity index (χ1) is 7.63. The van der Waals surface area contributed by atoms with Crippen LogP contribution in [-0.4, -0.2) is 35.1 Å². The minimum atomic E-state index is 0.0289. The van der Waals surface area contributed by atoms with E-state index in [0.717, 1.165) is 25.5 Å². The average molecular weight is 217 g/mol. The van der Waals surface area contributed by atoms with Crippen LogP contribution in [-0.2, 0) is 0 Å². The minimum Gasteiger partial charge on any atom is -0.348 e. The number of piperazine rings is 1. The first kappa shape index (κ1) is 10.8. The van der Waals surface area contributed by atoms with Gasteiger partial charge in [-0.1, -0.05) is 0 Å². The molecule has 0 aliphatic carbocycles. The zero-order valence-corrected chi connectivity index (χ0v) is 9.56. The molecule has 16 heavy (non-hydrogen) atoms. The molecule has 5 heteroatoms. The van der Waals surface area contributed by atoms with E-state index in [4.69, 9.17) is 5.26 Å². The molecule has 0 unspecified atom stereocenters. The number of hydrogen-bond acceptors (Lipinski definition) is 5. The second-order valence-corrected chi connectivity index (χ2v) is 4.51. The molecule has 1 N–H and O–H groups in total. The van der Waals surface area contributed by atoms with E-state index < -0.39 is 0 Å². The molecule has 5 nitrogen and oxygen atoms in total. The molecular weight excluding hydrogens is 202 g/mol. The third-order valence-corrected chi connectivity index (χ3v) is 2.83. The van der Waals surface area contributed by atoms with Gasteiger partial charge in [-0.15, -0.1) is 0 Å². The summed E-state index contributed by atoms with van der Waals surface area (Å²) in [7, 11) is 0. The van der Waals surface area contributed by atoms with E-state index in [9.17, 15) is 0 Å². The number of hydrogen-bond donors (Lipinski definition) is 1. The number of aromatic nitrogens is 2. The molecule has 0 amide bonds. The molecule has 1 aromatic rings. The molecule has 1 aromatic heterocycles. The van der Waals surface area contributed by atoms with Gasteiger partial charge < -0.3 is 10.2 Å². The van der Waals surface area contributed by atoms with Gasteiger partial charge in [-0.2, -0.15) is 5.26 Å². The molecule has 0 bridgehead atoms. The van der Waals surface area contributed by atoms with Gasteiger partial charge in [-0.25, -0.2) is 9.97 Å². The Morgan fingerprint density at radius 1 is 1.44 bits per heavy atom. The summed E-state index contributed by atoms with van der Waals surface area (Å²) in [5.74, 6) is 0.838. The quantitative estimate of drug-likeness (QED) is 0.743. The van der Waals surface area contributed by atoms with Crippen molar-refractivity contribution < 1.29 is 0 Å². The summed E-state index contributed by atoms with van der Waals surface area (Å²) in [6.07, 6.45) is 3.19. The predicted octanol–water partition coefficient (Wildman–Crippen LogP) is 0.536. The second-order valence-electron chi connectivity index (χ2n) is 4.51. The van der Waals surface area contributed by atoms with Crippen LogP contribution in [0.3, 0.4) is 0 Å². The smallest absolute Gasteiger partial charge is 0.158 e. The monoisotopic (exact) mass is 217 g/mol. The fourth-order valence-corrected chi connectivity index (χ4v) is 1.93. The van der Waals surface area contributed by atoms with Crippen LogP contribution in [0.25, 0.3) is 0 Å². The molecule has 2 rings (SSSR count). The highest BCUT2D eigenvalue weighted by Crippen LogP contribution is 2.22. The van der Waals surface area contributed by atoms with Crippen molar-refractivity contribution in [1.29, 1.82) is 5.26 Å². The summed E-state index contributed by atoms with van der Waals surface area (Å²) in [6, 6.07) is 1.97. The average Bonchev–Trinajstić information content (AvgIpc) is 2.29. The van der Waals surface area contributed by atoms with Gasteiger partial charge in [0.15, 0.2) is 5.69 Å². The van der Waals surface area contributed by atoms with Crippen LogP contribution in [0.4, 0.5) is 5.82 Å². The maximum absolute atomic E-state index is 8.67. The molecule has 0 radical (unpaired) electrons. The highest BCUT2D eigenvalue weighted by molar-refractivity contribution is 5.41. The molecule has 0 saturated carbocycles. The highest BCUT2D eigenvalue weighted by Gasteiger charge is 2.30. The molecule has 1 saturated heterocycles. The first-order valence-corrected chi connectivity index (χ1v) is 5.34. The molecule has 1 aliphatic heterocycles. The van der Waals surface area contributed by atoms with Gasteiger partial charge in [0.25, 0.3) is 0 Å². The number of nitrogens with one attached hydrogen (secondary N) is 1. The SMILES string of the molecule is CC1(C)CNCCN1c1cnc(C#N)cn1. The van der Waals surface area contributed by atoms with Crippen LogP contribution in [0, 0.1) is 11.3 Å². The van der Waals surface area contributed by atoms with Crippen molar-refractivity contribution in [1.82, 2.24) is 15.3 Å². The van der Waals surface area contributed by atoms with Crippen molar-refractivity contribution in [3.63, 3.8) is 0 Å². The lowest BCUT2D eigenvalue weighted by Gasteiger charge is -2.43. The van der Waals surface area contributed by atoms with Crippen molar-refractivity contribution in [2.45, 2.75) is 19.4 Å². The lowest BCUT2D eigenvalue weighted by Crippen LogP contribution is -2.58. The zero-order chi connectivity index (χ0) is 11.6. The molecule has 0 atom stereocenters. The minimum absolute atomic E-state index is 0.0289. The molecule has 0 spiro atoms. The van der Waals surface area contributed by atoms with Crippen LogP contribution in [0.2, 0.25) is 0 Å². The Bertz CT molecular complexity index is 403. The van der Waals surface area contributed by atoms with Gasteiger partial charge in [-0.3, -0.25) is 0 Å². The molecule has 2 heterocycles. The molecule has 1 fully saturated rings. The van der Waals surface area contributed by atoms with Crippen LogP contribution in [0.1, 0.15) is 19.5 Å². The summed E-state index contributed by atoms with van der Waals surface area (Å²) in [6.45, 7) is 7.12. The summed E-state index contributed by atoms with van der Waals surface area (Å²) < 4.78 is 0. The summed E-state index contributed by atoms with van der Waals surface area (Å²) in [5, 5.41) is 12.0.